The molecule has 3 amide bonds. The van der Waals surface area contributed by atoms with Crippen LogP contribution in [0.25, 0.3) is 11.2 Å². The number of nitrogen functional groups attached to an aromatic ring is 1. The molecule has 17 N–H and O–H groups in total. The van der Waals surface area contributed by atoms with Crippen molar-refractivity contribution in [1.82, 2.24) is 35.5 Å². The number of guanidine groups is 2. The fourth-order valence-electron chi connectivity index (χ4n) is 4.63. The Labute approximate surface area is 280 Å². The van der Waals surface area contributed by atoms with E-state index in [-0.39, 0.29) is 37.2 Å². The van der Waals surface area contributed by atoms with Crippen molar-refractivity contribution < 1.29 is 29.3 Å². The van der Waals surface area contributed by atoms with Gasteiger partial charge in [-0.05, 0) is 25.7 Å². The smallest absolute Gasteiger partial charge is 0.240 e. The van der Waals surface area contributed by atoms with E-state index in [2.05, 4.69) is 40.9 Å². The number of ether oxygens (including phenoxy) is 1. The van der Waals surface area contributed by atoms with Crippen molar-refractivity contribution in [2.24, 2.45) is 38.7 Å². The number of aromatic nitrogens is 4. The highest BCUT2D eigenvalue weighted by atomic mass is 32.2. The maximum Gasteiger partial charge on any atom is 0.240 e. The van der Waals surface area contributed by atoms with Gasteiger partial charge in [-0.3, -0.25) is 28.9 Å². The van der Waals surface area contributed by atoms with Crippen molar-refractivity contribution in [2.45, 2.75) is 62.3 Å². The lowest BCUT2D eigenvalue weighted by molar-refractivity contribution is -0.129. The van der Waals surface area contributed by atoms with Gasteiger partial charge >= 0.3 is 0 Å². The maximum atomic E-state index is 12.3. The zero-order valence-corrected chi connectivity index (χ0v) is 27.1. The number of imidazole rings is 1. The number of thioether (sulfide) groups is 1. The first-order valence-electron chi connectivity index (χ1n) is 15.1. The second kappa shape index (κ2) is 18.7. The van der Waals surface area contributed by atoms with Crippen molar-refractivity contribution >= 4 is 58.4 Å². The van der Waals surface area contributed by atoms with Crippen LogP contribution in [0.2, 0.25) is 0 Å². The summed E-state index contributed by atoms with van der Waals surface area (Å²) < 4.78 is 7.44. The van der Waals surface area contributed by atoms with Crippen LogP contribution in [-0.2, 0) is 19.1 Å². The van der Waals surface area contributed by atoms with E-state index >= 15 is 0 Å². The minimum absolute atomic E-state index is 0.0528. The Kier molecular flexibility index (Phi) is 14.8. The van der Waals surface area contributed by atoms with Gasteiger partial charge in [0, 0.05) is 31.1 Å². The van der Waals surface area contributed by atoms with Gasteiger partial charge in [0.15, 0.2) is 29.6 Å². The summed E-state index contributed by atoms with van der Waals surface area (Å²) in [6.45, 7) is 0.669. The number of amides is 3. The molecule has 3 rings (SSSR count). The average Bonchev–Trinajstić information content (AvgIpc) is 3.60. The largest absolute Gasteiger partial charge is 0.387 e. The molecule has 0 bridgehead atoms. The summed E-state index contributed by atoms with van der Waals surface area (Å²) in [5.41, 5.74) is 34.2. The van der Waals surface area contributed by atoms with Gasteiger partial charge in [0.2, 0.25) is 17.7 Å². The summed E-state index contributed by atoms with van der Waals surface area (Å²) in [7, 11) is 0. The Balaban J connectivity index is 1.30. The normalized spacial score (nSPS) is 20.6. The van der Waals surface area contributed by atoms with Gasteiger partial charge < -0.3 is 65.3 Å². The van der Waals surface area contributed by atoms with Crippen LogP contribution in [0.15, 0.2) is 22.6 Å². The van der Waals surface area contributed by atoms with Crippen LogP contribution in [0.3, 0.4) is 0 Å². The van der Waals surface area contributed by atoms with E-state index < -0.39 is 54.3 Å². The number of carbonyl (C=O) groups excluding carboxylic acids is 3. The summed E-state index contributed by atoms with van der Waals surface area (Å²) in [5.74, 6) is -0.534. The van der Waals surface area contributed by atoms with Gasteiger partial charge in [-0.15, -0.1) is 0 Å². The minimum atomic E-state index is -1.20. The molecule has 1 aliphatic rings. The van der Waals surface area contributed by atoms with E-state index in [9.17, 15) is 24.6 Å². The Hall–Kier alpha value is -4.51. The fourth-order valence-corrected chi connectivity index (χ4v) is 5.56. The number of nitrogens with two attached hydrogens (primary N) is 6. The number of nitrogens with zero attached hydrogens (tertiary/aromatic N) is 6. The van der Waals surface area contributed by atoms with Crippen molar-refractivity contribution in [2.75, 3.05) is 43.4 Å². The number of rotatable bonds is 19. The molecule has 21 nitrogen and oxygen atoms in total. The summed E-state index contributed by atoms with van der Waals surface area (Å²) >= 11 is 1.48. The second-order valence-electron chi connectivity index (χ2n) is 10.8. The number of nitrogens with one attached hydrogen (secondary N) is 3. The second-order valence-corrected chi connectivity index (χ2v) is 12.0. The van der Waals surface area contributed by atoms with E-state index in [0.29, 0.717) is 55.0 Å². The van der Waals surface area contributed by atoms with Gasteiger partial charge in [-0.2, -0.15) is 11.8 Å². The van der Waals surface area contributed by atoms with Crippen molar-refractivity contribution in [1.29, 1.82) is 0 Å². The molecule has 1 aliphatic heterocycles. The first-order chi connectivity index (χ1) is 22.9. The van der Waals surface area contributed by atoms with Gasteiger partial charge in [-0.1, -0.05) is 0 Å². The third-order valence-electron chi connectivity index (χ3n) is 7.17. The Morgan fingerprint density at radius 1 is 1.02 bits per heavy atom. The number of aliphatic hydroxyl groups excluding tert-OH is 2. The summed E-state index contributed by atoms with van der Waals surface area (Å²) in [6.07, 6.45) is 0.265. The van der Waals surface area contributed by atoms with Crippen LogP contribution in [0.4, 0.5) is 5.82 Å². The zero-order chi connectivity index (χ0) is 35.2. The molecule has 6 atom stereocenters. The number of aliphatic hydroxyl groups is 2. The number of fused-ring (bicyclic) bond motifs is 1. The highest BCUT2D eigenvalue weighted by Gasteiger charge is 2.44. The summed E-state index contributed by atoms with van der Waals surface area (Å²) in [6, 6.07) is -1.81. The number of anilines is 1. The molecule has 0 aliphatic carbocycles. The minimum Gasteiger partial charge on any atom is -0.387 e. The monoisotopic (exact) mass is 695 g/mol. The van der Waals surface area contributed by atoms with Crippen LogP contribution in [0.5, 0.6) is 0 Å². The molecule has 266 valence electrons. The molecular formula is C26H45N15O6S. The molecule has 0 saturated carbocycles. The van der Waals surface area contributed by atoms with Crippen LogP contribution in [0, 0.1) is 0 Å². The van der Waals surface area contributed by atoms with Crippen molar-refractivity contribution in [3.8, 4) is 0 Å². The highest BCUT2D eigenvalue weighted by Crippen LogP contribution is 2.33. The van der Waals surface area contributed by atoms with Gasteiger partial charge in [0.1, 0.15) is 30.1 Å². The van der Waals surface area contributed by atoms with E-state index in [4.69, 9.17) is 39.1 Å². The molecule has 3 heterocycles. The average molecular weight is 696 g/mol. The van der Waals surface area contributed by atoms with Crippen LogP contribution in [-0.4, -0.2) is 127 Å². The predicted octanol–water partition coefficient (Wildman–Crippen LogP) is -5.09. The molecule has 2 aromatic heterocycles. The fraction of sp³-hybridized carbons (Fsp3) is 0.615. The molecule has 48 heavy (non-hydrogen) atoms. The van der Waals surface area contributed by atoms with E-state index in [0.717, 1.165) is 0 Å². The third kappa shape index (κ3) is 11.3. The maximum absolute atomic E-state index is 12.3. The SMILES string of the molecule is NC(=O)C(CCCN=C(N)NCCSC[C@H]1O[C@@H](n2cnc3c(N)ncnc32)[C@H](O)[C@@H]1O)NC(=O)CNC(=O)[C@@H](N)CCCN=C(N)N. The highest BCUT2D eigenvalue weighted by molar-refractivity contribution is 7.99. The number of hydrogen-bond donors (Lipinski definition) is 11. The molecule has 22 heteroatoms. The molecular weight excluding hydrogens is 650 g/mol. The van der Waals surface area contributed by atoms with E-state index in [1.54, 1.807) is 0 Å². The molecule has 0 radical (unpaired) electrons. The standard InChI is InChI=1S/C26H45N15O6S/c27-13(3-1-5-33-25(30)31)23(46)36-9-16(42)40-14(21(29)45)4-2-6-34-26(32)35-7-8-48-10-15-18(43)19(44)24(47-15)41-12-39-17-20(28)37-11-38-22(17)41/h11-15,18-19,24,43-44H,1-10,27H2,(H2,29,45)(H,36,46)(H,40,42)(H2,28,37,38)(H4,30,31,33)(H3,32,34,35)/t13-,14?,15+,18+,19+,24+/m0/s1. The lowest BCUT2D eigenvalue weighted by atomic mass is 10.1. The zero-order valence-electron chi connectivity index (χ0n) is 26.3. The third-order valence-corrected chi connectivity index (χ3v) is 8.23. The van der Waals surface area contributed by atoms with Gasteiger partial charge in [0.05, 0.1) is 25.0 Å². The van der Waals surface area contributed by atoms with Crippen molar-refractivity contribution in [3.05, 3.63) is 12.7 Å². The molecule has 0 spiro atoms. The van der Waals surface area contributed by atoms with Crippen LogP contribution >= 0.6 is 11.8 Å². The predicted molar refractivity (Wildman–Crippen MR) is 179 cm³/mol. The first kappa shape index (κ1) is 37.9. The summed E-state index contributed by atoms with van der Waals surface area (Å²) in [5, 5.41) is 29.0. The lowest BCUT2D eigenvalue weighted by Gasteiger charge is -2.16. The number of aliphatic imine (C=N–C) groups is 2. The Morgan fingerprint density at radius 2 is 1.75 bits per heavy atom. The van der Waals surface area contributed by atoms with Crippen LogP contribution in [0.1, 0.15) is 31.9 Å². The number of carbonyl (C=O) groups is 3. The van der Waals surface area contributed by atoms with Crippen LogP contribution < -0.4 is 50.4 Å². The first-order valence-corrected chi connectivity index (χ1v) is 16.3. The summed E-state index contributed by atoms with van der Waals surface area (Å²) in [4.78, 5) is 56.4. The lowest BCUT2D eigenvalue weighted by Crippen LogP contribution is -2.50. The van der Waals surface area contributed by atoms with Crippen molar-refractivity contribution in [3.63, 3.8) is 0 Å². The van der Waals surface area contributed by atoms with E-state index in [1.807, 2.05) is 0 Å². The quantitative estimate of drug-likeness (QED) is 0.0372. The molecule has 1 saturated heterocycles. The molecule has 1 unspecified atom stereocenters. The number of primary amides is 1. The van der Waals surface area contributed by atoms with Gasteiger partial charge in [-0.25, -0.2) is 15.0 Å². The molecule has 2 aromatic rings. The molecule has 0 aromatic carbocycles. The van der Waals surface area contributed by atoms with E-state index in [1.165, 1.54) is 29.0 Å². The Morgan fingerprint density at radius 3 is 2.48 bits per heavy atom. The topological polar surface area (TPSA) is 361 Å². The van der Waals surface area contributed by atoms with Gasteiger partial charge in [0.25, 0.3) is 0 Å². The Bertz CT molecular complexity index is 1440. The number of hydrogen-bond acceptors (Lipinski definition) is 14. The molecule has 1 fully saturated rings.